The minimum absolute atomic E-state index is 0.0173. The van der Waals surface area contributed by atoms with Crippen molar-refractivity contribution < 1.29 is 9.53 Å². The fraction of sp³-hybridized carbons (Fsp3) is 0.286. The van der Waals surface area contributed by atoms with Crippen LogP contribution in [0, 0.1) is 5.92 Å². The van der Waals surface area contributed by atoms with Gasteiger partial charge in [-0.1, -0.05) is 78.9 Å². The molecular formula is C28H30N2O2. The molecule has 1 heterocycles. The Bertz CT molecular complexity index is 1050. The molecule has 1 N–H and O–H groups in total. The Morgan fingerprint density at radius 1 is 0.969 bits per heavy atom. The number of nitrogens with one attached hydrogen (secondary N) is 1. The molecule has 4 nitrogen and oxygen atoms in total. The summed E-state index contributed by atoms with van der Waals surface area (Å²) >= 11 is 0. The second-order valence-corrected chi connectivity index (χ2v) is 8.94. The molecule has 0 saturated carbocycles. The Morgan fingerprint density at radius 3 is 2.19 bits per heavy atom. The summed E-state index contributed by atoms with van der Waals surface area (Å²) in [7, 11) is 0. The average molecular weight is 427 g/mol. The second kappa shape index (κ2) is 9.92. The number of Topliss-reactive ketones (excluding diaryl/α,β-unsaturated/α-hetero) is 1. The molecule has 0 aliphatic carbocycles. The highest BCUT2D eigenvalue weighted by Gasteiger charge is 2.39. The Labute approximate surface area is 190 Å². The average Bonchev–Trinajstić information content (AvgIpc) is 2.81. The first kappa shape index (κ1) is 22.0. The maximum atomic E-state index is 13.2. The number of nitrogens with zero attached hydrogens (tertiary/aromatic N) is 1. The SMILES string of the molecule is CC1(C)CC(=O)C(C(C/C(=N/Nc2ccccc2)c2ccccc2)c2ccccc2)CO1. The molecule has 164 valence electrons. The number of carbonyl (C=O) groups is 1. The maximum Gasteiger partial charge on any atom is 0.141 e. The quantitative estimate of drug-likeness (QED) is 0.369. The van der Waals surface area contributed by atoms with Crippen molar-refractivity contribution in [2.45, 2.75) is 38.2 Å². The van der Waals surface area contributed by atoms with E-state index in [9.17, 15) is 4.79 Å². The monoisotopic (exact) mass is 426 g/mol. The van der Waals surface area contributed by atoms with Crippen LogP contribution in [0.3, 0.4) is 0 Å². The highest BCUT2D eigenvalue weighted by Crippen LogP contribution is 2.37. The smallest absolute Gasteiger partial charge is 0.141 e. The highest BCUT2D eigenvalue weighted by atomic mass is 16.5. The lowest BCUT2D eigenvalue weighted by Gasteiger charge is -2.37. The van der Waals surface area contributed by atoms with E-state index in [1.54, 1.807) is 0 Å². The molecule has 1 saturated heterocycles. The summed E-state index contributed by atoms with van der Waals surface area (Å²) in [6.45, 7) is 4.40. The normalized spacial score (nSPS) is 19.4. The standard InChI is InChI=1S/C28H30N2O2/c1-28(2)19-27(31)25(20-32-28)24(21-12-6-3-7-13-21)18-26(22-14-8-4-9-15-22)30-29-23-16-10-5-11-17-23/h3-17,24-25,29H,18-20H2,1-2H3/b30-26-. The molecule has 1 aliphatic rings. The Hall–Kier alpha value is -3.24. The molecule has 1 aliphatic heterocycles. The number of ether oxygens (including phenoxy) is 1. The molecule has 3 aromatic rings. The van der Waals surface area contributed by atoms with Gasteiger partial charge in [0.1, 0.15) is 5.78 Å². The van der Waals surface area contributed by atoms with Crippen LogP contribution in [-0.4, -0.2) is 23.7 Å². The summed E-state index contributed by atoms with van der Waals surface area (Å²) < 4.78 is 6.09. The van der Waals surface area contributed by atoms with Crippen molar-refractivity contribution in [3.63, 3.8) is 0 Å². The van der Waals surface area contributed by atoms with Crippen LogP contribution in [0.1, 0.15) is 43.7 Å². The topological polar surface area (TPSA) is 50.7 Å². The molecule has 0 spiro atoms. The number of anilines is 1. The van der Waals surface area contributed by atoms with Gasteiger partial charge in [0, 0.05) is 18.3 Å². The third kappa shape index (κ3) is 5.51. The minimum Gasteiger partial charge on any atom is -0.374 e. The third-order valence-electron chi connectivity index (χ3n) is 5.99. The van der Waals surface area contributed by atoms with E-state index in [2.05, 4.69) is 29.7 Å². The van der Waals surface area contributed by atoms with E-state index in [1.807, 2.05) is 80.6 Å². The Balaban J connectivity index is 1.68. The predicted molar refractivity (Wildman–Crippen MR) is 130 cm³/mol. The summed E-state index contributed by atoms with van der Waals surface area (Å²) in [6, 6.07) is 30.3. The number of carbonyl (C=O) groups excluding carboxylic acids is 1. The number of hydrogen-bond donors (Lipinski definition) is 1. The minimum atomic E-state index is -0.403. The molecule has 0 aromatic heterocycles. The van der Waals surface area contributed by atoms with Crippen molar-refractivity contribution in [3.8, 4) is 0 Å². The van der Waals surface area contributed by atoms with Gasteiger partial charge in [-0.2, -0.15) is 5.10 Å². The summed E-state index contributed by atoms with van der Waals surface area (Å²) in [5.74, 6) is 0.0472. The molecule has 3 aromatic carbocycles. The van der Waals surface area contributed by atoms with Crippen LogP contribution in [0.15, 0.2) is 96.1 Å². The number of hydrogen-bond acceptors (Lipinski definition) is 4. The highest BCUT2D eigenvalue weighted by molar-refractivity contribution is 6.02. The van der Waals surface area contributed by atoms with Gasteiger partial charge in [0.05, 0.1) is 23.6 Å². The molecular weight excluding hydrogens is 396 g/mol. The van der Waals surface area contributed by atoms with Gasteiger partial charge in [-0.3, -0.25) is 10.2 Å². The van der Waals surface area contributed by atoms with Crippen molar-refractivity contribution in [1.29, 1.82) is 0 Å². The van der Waals surface area contributed by atoms with Crippen LogP contribution in [-0.2, 0) is 9.53 Å². The van der Waals surface area contributed by atoms with Gasteiger partial charge in [0.2, 0.25) is 0 Å². The summed E-state index contributed by atoms with van der Waals surface area (Å²) in [4.78, 5) is 13.2. The molecule has 1 fully saturated rings. The number of ketones is 1. The zero-order valence-electron chi connectivity index (χ0n) is 18.7. The second-order valence-electron chi connectivity index (χ2n) is 8.94. The van der Waals surface area contributed by atoms with Gasteiger partial charge >= 0.3 is 0 Å². The molecule has 4 heteroatoms. The Kier molecular flexibility index (Phi) is 6.81. The van der Waals surface area contributed by atoms with Gasteiger partial charge in [-0.15, -0.1) is 0 Å². The number of para-hydroxylation sites is 1. The van der Waals surface area contributed by atoms with E-state index in [0.29, 0.717) is 19.4 Å². The Morgan fingerprint density at radius 2 is 1.56 bits per heavy atom. The van der Waals surface area contributed by atoms with E-state index in [-0.39, 0.29) is 17.6 Å². The molecule has 0 amide bonds. The van der Waals surface area contributed by atoms with Crippen LogP contribution >= 0.6 is 0 Å². The van der Waals surface area contributed by atoms with Gasteiger partial charge in [-0.25, -0.2) is 0 Å². The lowest BCUT2D eigenvalue weighted by molar-refractivity contribution is -0.145. The van der Waals surface area contributed by atoms with E-state index >= 15 is 0 Å². The van der Waals surface area contributed by atoms with Crippen LogP contribution in [0.25, 0.3) is 0 Å². The maximum absolute atomic E-state index is 13.2. The zero-order valence-corrected chi connectivity index (χ0v) is 18.7. The van der Waals surface area contributed by atoms with Crippen LogP contribution in [0.5, 0.6) is 0 Å². The lowest BCUT2D eigenvalue weighted by Crippen LogP contribution is -2.42. The molecule has 0 bridgehead atoms. The molecule has 2 unspecified atom stereocenters. The largest absolute Gasteiger partial charge is 0.374 e. The first-order valence-corrected chi connectivity index (χ1v) is 11.2. The molecule has 0 radical (unpaired) electrons. The fourth-order valence-electron chi connectivity index (χ4n) is 4.25. The summed E-state index contributed by atoms with van der Waals surface area (Å²) in [5.41, 5.74) is 6.82. The summed E-state index contributed by atoms with van der Waals surface area (Å²) in [6.07, 6.45) is 1.06. The third-order valence-corrected chi connectivity index (χ3v) is 5.99. The summed E-state index contributed by atoms with van der Waals surface area (Å²) in [5, 5.41) is 4.79. The van der Waals surface area contributed by atoms with Crippen molar-refractivity contribution >= 4 is 17.2 Å². The van der Waals surface area contributed by atoms with Crippen molar-refractivity contribution in [2.24, 2.45) is 11.0 Å². The van der Waals surface area contributed by atoms with E-state index in [1.165, 1.54) is 0 Å². The van der Waals surface area contributed by atoms with Crippen molar-refractivity contribution in [1.82, 2.24) is 0 Å². The van der Waals surface area contributed by atoms with E-state index < -0.39 is 5.60 Å². The van der Waals surface area contributed by atoms with Crippen LogP contribution in [0.2, 0.25) is 0 Å². The lowest BCUT2D eigenvalue weighted by atomic mass is 9.76. The van der Waals surface area contributed by atoms with Crippen molar-refractivity contribution in [3.05, 3.63) is 102 Å². The fourth-order valence-corrected chi connectivity index (χ4v) is 4.25. The molecule has 4 rings (SSSR count). The zero-order chi connectivity index (χ0) is 22.4. The predicted octanol–water partition coefficient (Wildman–Crippen LogP) is 6.06. The molecule has 32 heavy (non-hydrogen) atoms. The number of rotatable bonds is 7. The van der Waals surface area contributed by atoms with E-state index in [0.717, 1.165) is 22.5 Å². The first-order chi connectivity index (χ1) is 15.5. The van der Waals surface area contributed by atoms with E-state index in [4.69, 9.17) is 9.84 Å². The van der Waals surface area contributed by atoms with Crippen molar-refractivity contribution in [2.75, 3.05) is 12.0 Å². The number of benzene rings is 3. The van der Waals surface area contributed by atoms with Gasteiger partial charge in [-0.05, 0) is 43.5 Å². The number of hydrazone groups is 1. The van der Waals surface area contributed by atoms with Gasteiger partial charge in [0.15, 0.2) is 0 Å². The van der Waals surface area contributed by atoms with Gasteiger partial charge < -0.3 is 4.74 Å². The molecule has 2 atom stereocenters. The van der Waals surface area contributed by atoms with Crippen LogP contribution < -0.4 is 5.43 Å². The van der Waals surface area contributed by atoms with Crippen LogP contribution in [0.4, 0.5) is 5.69 Å². The first-order valence-electron chi connectivity index (χ1n) is 11.2. The van der Waals surface area contributed by atoms with Gasteiger partial charge in [0.25, 0.3) is 0 Å².